The van der Waals surface area contributed by atoms with E-state index in [4.69, 9.17) is 4.74 Å². The van der Waals surface area contributed by atoms with E-state index in [0.29, 0.717) is 12.0 Å². The normalized spacial score (nSPS) is 13.5. The molecule has 0 aliphatic rings. The van der Waals surface area contributed by atoms with Crippen LogP contribution < -0.4 is 5.32 Å². The first kappa shape index (κ1) is 26.9. The van der Waals surface area contributed by atoms with Crippen LogP contribution in [0.3, 0.4) is 0 Å². The Morgan fingerprint density at radius 2 is 1.85 bits per heavy atom. The first-order chi connectivity index (χ1) is 15.7. The van der Waals surface area contributed by atoms with Crippen LogP contribution in [0.15, 0.2) is 42.5 Å². The Morgan fingerprint density at radius 3 is 2.48 bits per heavy atom. The van der Waals surface area contributed by atoms with Gasteiger partial charge in [-0.15, -0.1) is 0 Å². The first-order valence-electron chi connectivity index (χ1n) is 11.8. The van der Waals surface area contributed by atoms with Crippen molar-refractivity contribution in [1.29, 1.82) is 0 Å². The third-order valence-electron chi connectivity index (χ3n) is 6.00. The van der Waals surface area contributed by atoms with Crippen LogP contribution in [0.1, 0.15) is 82.1 Å². The zero-order chi connectivity index (χ0) is 24.4. The molecule has 0 bridgehead atoms. The van der Waals surface area contributed by atoms with Gasteiger partial charge in [-0.05, 0) is 75.6 Å². The van der Waals surface area contributed by atoms with Crippen LogP contribution >= 0.6 is 0 Å². The summed E-state index contributed by atoms with van der Waals surface area (Å²) in [5.74, 6) is -2.77. The third kappa shape index (κ3) is 8.52. The topological polar surface area (TPSA) is 58.6 Å². The maximum absolute atomic E-state index is 14.5. The number of β-amino-alcohol motifs (C(OH)–C–C–N with tert-alkyl or cyclic N) is 1. The minimum Gasteiger partial charge on any atom is -0.466 e. The van der Waals surface area contributed by atoms with Gasteiger partial charge in [-0.25, -0.2) is 8.78 Å². The molecular weight excluding hydrogens is 424 g/mol. The Balaban J connectivity index is 2.02. The zero-order valence-electron chi connectivity index (χ0n) is 20.2. The maximum atomic E-state index is 14.5. The first-order valence-corrected chi connectivity index (χ1v) is 11.8. The van der Waals surface area contributed by atoms with Gasteiger partial charge in [0.2, 0.25) is 0 Å². The highest BCUT2D eigenvalue weighted by Crippen LogP contribution is 2.30. The number of aryl methyl sites for hydroxylation is 1. The molecule has 0 aliphatic carbocycles. The van der Waals surface area contributed by atoms with Crippen molar-refractivity contribution in [2.75, 3.05) is 13.2 Å². The van der Waals surface area contributed by atoms with Crippen LogP contribution in [0.2, 0.25) is 0 Å². The minimum absolute atomic E-state index is 0.0810. The molecule has 4 nitrogen and oxygen atoms in total. The summed E-state index contributed by atoms with van der Waals surface area (Å²) in [5, 5.41) is 14.0. The number of halogens is 2. The van der Waals surface area contributed by atoms with Crippen LogP contribution in [0.5, 0.6) is 0 Å². The van der Waals surface area contributed by atoms with Crippen molar-refractivity contribution in [3.63, 3.8) is 0 Å². The van der Waals surface area contributed by atoms with E-state index in [0.717, 1.165) is 25.3 Å². The van der Waals surface area contributed by atoms with E-state index in [1.807, 2.05) is 39.0 Å². The van der Waals surface area contributed by atoms with Crippen molar-refractivity contribution in [3.05, 3.63) is 70.8 Å². The van der Waals surface area contributed by atoms with Gasteiger partial charge in [0.1, 0.15) is 0 Å². The summed E-state index contributed by atoms with van der Waals surface area (Å²) < 4.78 is 33.9. The fraction of sp³-hybridized carbons (Fsp3) is 0.519. The molecule has 2 atom stereocenters. The van der Waals surface area contributed by atoms with Crippen LogP contribution in [0.25, 0.3) is 0 Å². The average molecular weight is 462 g/mol. The van der Waals surface area contributed by atoms with Crippen LogP contribution in [0, 0.1) is 11.6 Å². The van der Waals surface area contributed by atoms with E-state index in [2.05, 4.69) is 17.4 Å². The Kier molecular flexibility index (Phi) is 10.5. The lowest BCUT2D eigenvalue weighted by atomic mass is 9.90. The van der Waals surface area contributed by atoms with Gasteiger partial charge < -0.3 is 15.2 Å². The number of ether oxygens (including phenoxy) is 1. The number of hydrogen-bond donors (Lipinski definition) is 2. The molecule has 0 amide bonds. The molecule has 0 fully saturated rings. The van der Waals surface area contributed by atoms with Crippen LogP contribution in [0.4, 0.5) is 8.78 Å². The number of carbonyl (C=O) groups is 1. The standard InChI is InChI=1S/C27H37F2NO3/c1-5-20(17-25(32)33-6-2)21-15-22(26(29)23(28)16-21)24(31)18-30-27(3,4)14-10-13-19-11-8-7-9-12-19/h7-9,11-12,15-16,20,24,30-31H,5-6,10,13-14,17-18H2,1-4H3/t20?,24-/m1/s1. The van der Waals surface area contributed by atoms with Gasteiger partial charge in [0.05, 0.1) is 19.1 Å². The quantitative estimate of drug-likeness (QED) is 0.368. The molecule has 0 saturated carbocycles. The van der Waals surface area contributed by atoms with Gasteiger partial charge in [-0.1, -0.05) is 37.3 Å². The van der Waals surface area contributed by atoms with Gasteiger partial charge >= 0.3 is 5.97 Å². The second kappa shape index (κ2) is 12.8. The minimum atomic E-state index is -1.21. The molecule has 0 heterocycles. The Labute approximate surface area is 196 Å². The molecule has 0 aromatic heterocycles. The molecule has 2 N–H and O–H groups in total. The fourth-order valence-electron chi connectivity index (χ4n) is 3.98. The molecule has 0 saturated heterocycles. The highest BCUT2D eigenvalue weighted by atomic mass is 19.2. The van der Waals surface area contributed by atoms with E-state index < -0.39 is 17.7 Å². The number of rotatable bonds is 13. The smallest absolute Gasteiger partial charge is 0.306 e. The Bertz CT molecular complexity index is 886. The number of nitrogens with one attached hydrogen (secondary N) is 1. The summed E-state index contributed by atoms with van der Waals surface area (Å²) >= 11 is 0. The number of aliphatic hydroxyl groups excluding tert-OH is 1. The summed E-state index contributed by atoms with van der Waals surface area (Å²) in [6, 6.07) is 12.8. The van der Waals surface area contributed by atoms with E-state index in [1.54, 1.807) is 6.92 Å². The molecule has 0 aliphatic heterocycles. The molecule has 33 heavy (non-hydrogen) atoms. The third-order valence-corrected chi connectivity index (χ3v) is 6.00. The van der Waals surface area contributed by atoms with E-state index in [-0.39, 0.29) is 42.6 Å². The van der Waals surface area contributed by atoms with Crippen molar-refractivity contribution >= 4 is 5.97 Å². The summed E-state index contributed by atoms with van der Waals surface area (Å²) in [5.41, 5.74) is 1.38. The Morgan fingerprint density at radius 1 is 1.15 bits per heavy atom. The average Bonchev–Trinajstić information content (AvgIpc) is 2.78. The summed E-state index contributed by atoms with van der Waals surface area (Å²) in [6.07, 6.45) is 2.21. The lowest BCUT2D eigenvalue weighted by Crippen LogP contribution is -2.41. The summed E-state index contributed by atoms with van der Waals surface area (Å²) in [6.45, 7) is 8.02. The number of carbonyl (C=O) groups excluding carboxylic acids is 1. The second-order valence-corrected chi connectivity index (χ2v) is 9.14. The highest BCUT2D eigenvalue weighted by Gasteiger charge is 2.24. The van der Waals surface area contributed by atoms with Crippen molar-refractivity contribution < 1.29 is 23.4 Å². The van der Waals surface area contributed by atoms with Gasteiger partial charge in [0.15, 0.2) is 11.6 Å². The van der Waals surface area contributed by atoms with E-state index >= 15 is 0 Å². The van der Waals surface area contributed by atoms with Crippen LogP contribution in [-0.4, -0.2) is 29.8 Å². The Hall–Kier alpha value is -2.31. The van der Waals surface area contributed by atoms with Crippen molar-refractivity contribution in [3.8, 4) is 0 Å². The van der Waals surface area contributed by atoms with Gasteiger partial charge in [-0.2, -0.15) is 0 Å². The predicted molar refractivity (Wildman–Crippen MR) is 127 cm³/mol. The highest BCUT2D eigenvalue weighted by molar-refractivity contribution is 5.70. The van der Waals surface area contributed by atoms with Gasteiger partial charge in [0.25, 0.3) is 0 Å². The monoisotopic (exact) mass is 461 g/mol. The maximum Gasteiger partial charge on any atom is 0.306 e. The number of hydrogen-bond acceptors (Lipinski definition) is 4. The molecule has 6 heteroatoms. The number of esters is 1. The molecule has 182 valence electrons. The van der Waals surface area contributed by atoms with Crippen molar-refractivity contribution in [2.45, 2.75) is 77.4 Å². The molecule has 2 aromatic carbocycles. The SMILES string of the molecule is CCOC(=O)CC(CC)c1cc(F)c(F)c([C@H](O)CNC(C)(C)CCCc2ccccc2)c1. The summed E-state index contributed by atoms with van der Waals surface area (Å²) in [4.78, 5) is 11.9. The fourth-order valence-corrected chi connectivity index (χ4v) is 3.98. The number of aliphatic hydroxyl groups is 1. The zero-order valence-corrected chi connectivity index (χ0v) is 20.2. The van der Waals surface area contributed by atoms with Gasteiger partial charge in [0, 0.05) is 17.6 Å². The lowest BCUT2D eigenvalue weighted by Gasteiger charge is -2.28. The second-order valence-electron chi connectivity index (χ2n) is 9.14. The van der Waals surface area contributed by atoms with Crippen LogP contribution in [-0.2, 0) is 16.0 Å². The van der Waals surface area contributed by atoms with Crippen molar-refractivity contribution in [1.82, 2.24) is 5.32 Å². The molecule has 2 rings (SSSR count). The molecule has 1 unspecified atom stereocenters. The van der Waals surface area contributed by atoms with Gasteiger partial charge in [-0.3, -0.25) is 4.79 Å². The molecule has 2 aromatic rings. The molecule has 0 radical (unpaired) electrons. The largest absolute Gasteiger partial charge is 0.466 e. The van der Waals surface area contributed by atoms with E-state index in [9.17, 15) is 18.7 Å². The molecule has 0 spiro atoms. The lowest BCUT2D eigenvalue weighted by molar-refractivity contribution is -0.143. The number of benzene rings is 2. The summed E-state index contributed by atoms with van der Waals surface area (Å²) in [7, 11) is 0. The molecular formula is C27H37F2NO3. The van der Waals surface area contributed by atoms with Crippen molar-refractivity contribution in [2.24, 2.45) is 0 Å². The van der Waals surface area contributed by atoms with E-state index in [1.165, 1.54) is 11.6 Å². The predicted octanol–water partition coefficient (Wildman–Crippen LogP) is 5.84.